The van der Waals surface area contributed by atoms with Gasteiger partial charge in [-0.1, -0.05) is 45.0 Å². The van der Waals surface area contributed by atoms with E-state index in [0.29, 0.717) is 16.8 Å². The maximum absolute atomic E-state index is 14.4. The number of nitrogens with one attached hydrogen (secondary N) is 1. The summed E-state index contributed by atoms with van der Waals surface area (Å²) < 4.78 is 14.4. The molecule has 0 aliphatic heterocycles. The number of carbonyl (C=O) groups excluding carboxylic acids is 1. The number of hydrogen-bond acceptors (Lipinski definition) is 1. The molecular weight excluding hydrogens is 277 g/mol. The van der Waals surface area contributed by atoms with Crippen molar-refractivity contribution in [3.8, 4) is 11.1 Å². The Morgan fingerprint density at radius 2 is 1.86 bits per heavy atom. The van der Waals surface area contributed by atoms with Gasteiger partial charge in [0.05, 0.1) is 5.69 Å². The lowest BCUT2D eigenvalue weighted by atomic mass is 9.85. The molecule has 0 amide bonds. The molecule has 2 aromatic carbocycles. The van der Waals surface area contributed by atoms with E-state index in [9.17, 15) is 9.18 Å². The van der Waals surface area contributed by atoms with E-state index in [4.69, 9.17) is 0 Å². The minimum atomic E-state index is -0.294. The van der Waals surface area contributed by atoms with E-state index >= 15 is 0 Å². The third-order valence-corrected chi connectivity index (χ3v) is 3.90. The van der Waals surface area contributed by atoms with Gasteiger partial charge >= 0.3 is 0 Å². The smallest absolute Gasteiger partial charge is 0.166 e. The van der Waals surface area contributed by atoms with Gasteiger partial charge < -0.3 is 4.98 Å². The molecule has 1 N–H and O–H groups in total. The minimum absolute atomic E-state index is 0.00929. The van der Waals surface area contributed by atoms with Gasteiger partial charge in [-0.05, 0) is 34.7 Å². The van der Waals surface area contributed by atoms with Crippen LogP contribution < -0.4 is 0 Å². The summed E-state index contributed by atoms with van der Waals surface area (Å²) in [6, 6.07) is 12.9. The van der Waals surface area contributed by atoms with Gasteiger partial charge in [-0.2, -0.15) is 0 Å². The summed E-state index contributed by atoms with van der Waals surface area (Å²) >= 11 is 0. The van der Waals surface area contributed by atoms with Crippen LogP contribution in [0, 0.1) is 5.82 Å². The second-order valence-electron chi connectivity index (χ2n) is 6.59. The number of hydrogen-bond donors (Lipinski definition) is 1. The molecule has 0 bridgehead atoms. The second-order valence-corrected chi connectivity index (χ2v) is 6.59. The molecule has 0 aliphatic rings. The number of H-pyrrole nitrogens is 1. The quantitative estimate of drug-likeness (QED) is 0.657. The van der Waals surface area contributed by atoms with E-state index < -0.39 is 0 Å². The molecule has 0 saturated heterocycles. The highest BCUT2D eigenvalue weighted by atomic mass is 19.1. The zero-order valence-electron chi connectivity index (χ0n) is 12.9. The third kappa shape index (κ3) is 2.54. The van der Waals surface area contributed by atoms with Crippen LogP contribution in [0.15, 0.2) is 42.5 Å². The standard InChI is InChI=1S/C19H18FNO/c1-19(2,3)14-6-4-5-12(7-14)16-9-13-8-15(11-22)21-18(13)10-17(16)20/h4-11,21H,1-3H3. The van der Waals surface area contributed by atoms with Crippen LogP contribution in [-0.4, -0.2) is 11.3 Å². The molecule has 0 spiro atoms. The van der Waals surface area contributed by atoms with Crippen LogP contribution in [0.3, 0.4) is 0 Å². The first-order chi connectivity index (χ1) is 10.4. The van der Waals surface area contributed by atoms with Crippen molar-refractivity contribution in [2.24, 2.45) is 0 Å². The number of aldehydes is 1. The fourth-order valence-corrected chi connectivity index (χ4v) is 2.61. The van der Waals surface area contributed by atoms with Crippen molar-refractivity contribution in [1.82, 2.24) is 4.98 Å². The van der Waals surface area contributed by atoms with Gasteiger partial charge in [0, 0.05) is 16.5 Å². The SMILES string of the molecule is CC(C)(C)c1cccc(-c2cc3cc(C=O)[nH]c3cc2F)c1. The normalized spacial score (nSPS) is 11.8. The third-order valence-electron chi connectivity index (χ3n) is 3.90. The summed E-state index contributed by atoms with van der Waals surface area (Å²) in [5, 5.41) is 0.833. The number of aromatic nitrogens is 1. The summed E-state index contributed by atoms with van der Waals surface area (Å²) in [6.07, 6.45) is 0.734. The summed E-state index contributed by atoms with van der Waals surface area (Å²) in [5.74, 6) is -0.294. The van der Waals surface area contributed by atoms with Crippen molar-refractivity contribution in [3.63, 3.8) is 0 Å². The lowest BCUT2D eigenvalue weighted by Crippen LogP contribution is -2.10. The van der Waals surface area contributed by atoms with Crippen molar-refractivity contribution in [3.05, 3.63) is 59.5 Å². The summed E-state index contributed by atoms with van der Waals surface area (Å²) in [5.41, 5.74) is 3.66. The Kier molecular flexibility index (Phi) is 3.36. The van der Waals surface area contributed by atoms with Crippen molar-refractivity contribution in [2.75, 3.05) is 0 Å². The van der Waals surface area contributed by atoms with E-state index in [1.165, 1.54) is 6.07 Å². The van der Waals surface area contributed by atoms with Crippen LogP contribution in [0.25, 0.3) is 22.0 Å². The number of fused-ring (bicyclic) bond motifs is 1. The van der Waals surface area contributed by atoms with Gasteiger partial charge in [0.2, 0.25) is 0 Å². The van der Waals surface area contributed by atoms with Crippen molar-refractivity contribution >= 4 is 17.2 Å². The topological polar surface area (TPSA) is 32.9 Å². The molecule has 0 radical (unpaired) electrons. The van der Waals surface area contributed by atoms with Crippen molar-refractivity contribution < 1.29 is 9.18 Å². The van der Waals surface area contributed by atoms with Gasteiger partial charge in [-0.25, -0.2) is 4.39 Å². The fourth-order valence-electron chi connectivity index (χ4n) is 2.61. The monoisotopic (exact) mass is 295 g/mol. The van der Waals surface area contributed by atoms with Crippen LogP contribution in [-0.2, 0) is 5.41 Å². The second kappa shape index (κ2) is 5.09. The van der Waals surface area contributed by atoms with E-state index in [1.54, 1.807) is 12.1 Å². The minimum Gasteiger partial charge on any atom is -0.352 e. The molecular formula is C19H18FNO. The number of carbonyl (C=O) groups is 1. The highest BCUT2D eigenvalue weighted by Crippen LogP contribution is 2.31. The van der Waals surface area contributed by atoms with E-state index in [-0.39, 0.29) is 11.2 Å². The van der Waals surface area contributed by atoms with Gasteiger partial charge in [0.25, 0.3) is 0 Å². The lowest BCUT2D eigenvalue weighted by molar-refractivity contribution is 0.112. The van der Waals surface area contributed by atoms with E-state index in [0.717, 1.165) is 22.8 Å². The molecule has 3 aromatic rings. The summed E-state index contributed by atoms with van der Waals surface area (Å²) in [7, 11) is 0. The van der Waals surface area contributed by atoms with Gasteiger partial charge in [-0.3, -0.25) is 4.79 Å². The lowest BCUT2D eigenvalue weighted by Gasteiger charge is -2.20. The highest BCUT2D eigenvalue weighted by Gasteiger charge is 2.15. The maximum Gasteiger partial charge on any atom is 0.166 e. The fraction of sp³-hybridized carbons (Fsp3) is 0.211. The Balaban J connectivity index is 2.17. The molecule has 3 heteroatoms. The Hall–Kier alpha value is -2.42. The molecule has 0 aliphatic carbocycles. The van der Waals surface area contributed by atoms with E-state index in [2.05, 4.69) is 31.8 Å². The molecule has 0 atom stereocenters. The van der Waals surface area contributed by atoms with Crippen LogP contribution in [0.2, 0.25) is 0 Å². The summed E-state index contributed by atoms with van der Waals surface area (Å²) in [4.78, 5) is 13.7. The molecule has 2 nitrogen and oxygen atoms in total. The molecule has 1 aromatic heterocycles. The Morgan fingerprint density at radius 1 is 1.09 bits per heavy atom. The van der Waals surface area contributed by atoms with Gasteiger partial charge in [0.1, 0.15) is 5.82 Å². The van der Waals surface area contributed by atoms with Gasteiger partial charge in [0.15, 0.2) is 6.29 Å². The Morgan fingerprint density at radius 3 is 2.55 bits per heavy atom. The number of rotatable bonds is 2. The molecule has 1 heterocycles. The molecule has 0 fully saturated rings. The van der Waals surface area contributed by atoms with E-state index in [1.807, 2.05) is 18.2 Å². The Bertz CT molecular complexity index is 855. The molecule has 22 heavy (non-hydrogen) atoms. The number of halogens is 1. The molecule has 112 valence electrons. The number of benzene rings is 2. The molecule has 0 unspecified atom stereocenters. The predicted octanol–water partition coefficient (Wildman–Crippen LogP) is 5.08. The van der Waals surface area contributed by atoms with Crippen LogP contribution in [0.4, 0.5) is 4.39 Å². The van der Waals surface area contributed by atoms with Crippen molar-refractivity contribution in [2.45, 2.75) is 26.2 Å². The predicted molar refractivity (Wildman–Crippen MR) is 87.8 cm³/mol. The van der Waals surface area contributed by atoms with Gasteiger partial charge in [-0.15, -0.1) is 0 Å². The highest BCUT2D eigenvalue weighted by molar-refractivity contribution is 5.91. The van der Waals surface area contributed by atoms with Crippen LogP contribution in [0.1, 0.15) is 36.8 Å². The zero-order valence-corrected chi connectivity index (χ0v) is 12.9. The largest absolute Gasteiger partial charge is 0.352 e. The van der Waals surface area contributed by atoms with Crippen LogP contribution >= 0.6 is 0 Å². The first-order valence-corrected chi connectivity index (χ1v) is 7.27. The van der Waals surface area contributed by atoms with Crippen molar-refractivity contribution in [1.29, 1.82) is 0 Å². The average molecular weight is 295 g/mol. The number of aromatic amines is 1. The molecule has 0 saturated carbocycles. The maximum atomic E-state index is 14.4. The zero-order chi connectivity index (χ0) is 15.9. The first kappa shape index (κ1) is 14.5. The summed E-state index contributed by atoms with van der Waals surface area (Å²) in [6.45, 7) is 6.40. The van der Waals surface area contributed by atoms with Crippen LogP contribution in [0.5, 0.6) is 0 Å². The average Bonchev–Trinajstić information content (AvgIpc) is 2.87. The first-order valence-electron chi connectivity index (χ1n) is 7.27. The molecule has 3 rings (SSSR count). The Labute approximate surface area is 129 Å².